The summed E-state index contributed by atoms with van der Waals surface area (Å²) in [6, 6.07) is 40.9. The Kier molecular flexibility index (Phi) is 6.28. The van der Waals surface area contributed by atoms with Gasteiger partial charge in [0, 0.05) is 15.4 Å². The van der Waals surface area contributed by atoms with Gasteiger partial charge in [0.05, 0.1) is 25.6 Å². The van der Waals surface area contributed by atoms with Crippen LogP contribution >= 0.6 is 10.5 Å². The maximum atomic E-state index is 13.6. The van der Waals surface area contributed by atoms with Gasteiger partial charge in [-0.3, -0.25) is 4.79 Å². The van der Waals surface area contributed by atoms with Crippen LogP contribution in [-0.4, -0.2) is 24.9 Å². The van der Waals surface area contributed by atoms with Crippen LogP contribution in [0.5, 0.6) is 11.5 Å². The fraction of sp³-hybridized carbons (Fsp3) is 0.100. The standard InChI is InChI=1S/C40H30O3S/c1-42-28-19-15-26(16-20-28)40(27-17-21-29(43-2)22-18-27)35-12-6-3-9-31(35)32-24-23-30(25-36(32)40)44-37-13-7-4-10-33(37)39(41)34-11-5-8-14-38(34)44/h3-25,33H,1-2H3. The Bertz CT molecular complexity index is 2000. The van der Waals surface area contributed by atoms with Crippen molar-refractivity contribution in [3.8, 4) is 22.6 Å². The number of carbonyl (C=O) groups is 1. The molecule has 0 fully saturated rings. The molecule has 8 rings (SSSR count). The number of methoxy groups -OCH3 is 2. The van der Waals surface area contributed by atoms with Gasteiger partial charge in [-0.15, -0.1) is 10.5 Å². The summed E-state index contributed by atoms with van der Waals surface area (Å²) in [7, 11) is 2.99. The second kappa shape index (κ2) is 10.4. The Labute approximate surface area is 260 Å². The summed E-state index contributed by atoms with van der Waals surface area (Å²) >= 11 is 0. The van der Waals surface area contributed by atoms with Gasteiger partial charge in [0.1, 0.15) is 11.5 Å². The quantitative estimate of drug-likeness (QED) is 0.188. The highest BCUT2D eigenvalue weighted by molar-refractivity contribution is 8.16. The molecule has 0 radical (unpaired) electrons. The number of benzene rings is 5. The summed E-state index contributed by atoms with van der Waals surface area (Å²) in [6.45, 7) is 0. The molecule has 2 unspecified atom stereocenters. The van der Waals surface area contributed by atoms with E-state index in [1.807, 2.05) is 18.2 Å². The SMILES string of the molecule is COc1ccc(C2(c3ccc(OC)cc3)c3ccccc3-c3ccc(S4=C5C=CC=CC5C(=O)c5ccccc54)cc32)cc1. The van der Waals surface area contributed by atoms with E-state index in [0.29, 0.717) is 0 Å². The van der Waals surface area contributed by atoms with Gasteiger partial charge >= 0.3 is 0 Å². The molecule has 3 nitrogen and oxygen atoms in total. The van der Waals surface area contributed by atoms with Crippen molar-refractivity contribution >= 4 is 21.1 Å². The van der Waals surface area contributed by atoms with Crippen LogP contribution in [0.2, 0.25) is 0 Å². The molecule has 5 aromatic rings. The number of hydrogen-bond donors (Lipinski definition) is 0. The van der Waals surface area contributed by atoms with E-state index in [2.05, 4.69) is 121 Å². The van der Waals surface area contributed by atoms with Gasteiger partial charge in [-0.1, -0.05) is 97.1 Å². The Balaban J connectivity index is 1.45. The minimum Gasteiger partial charge on any atom is -0.497 e. The number of fused-ring (bicyclic) bond motifs is 5. The molecular formula is C40H30O3S. The first kappa shape index (κ1) is 26.7. The van der Waals surface area contributed by atoms with E-state index >= 15 is 0 Å². The molecule has 5 aromatic carbocycles. The van der Waals surface area contributed by atoms with Crippen LogP contribution < -0.4 is 9.47 Å². The zero-order valence-corrected chi connectivity index (χ0v) is 25.3. The zero-order chi connectivity index (χ0) is 29.8. The van der Waals surface area contributed by atoms with Gasteiger partial charge in [0.15, 0.2) is 5.78 Å². The molecular weight excluding hydrogens is 561 g/mol. The summed E-state index contributed by atoms with van der Waals surface area (Å²) in [4.78, 5) is 17.1. The van der Waals surface area contributed by atoms with Crippen LogP contribution in [0.1, 0.15) is 32.6 Å². The molecule has 0 N–H and O–H groups in total. The molecule has 0 saturated carbocycles. The van der Waals surface area contributed by atoms with Crippen molar-refractivity contribution in [2.75, 3.05) is 14.2 Å². The average molecular weight is 591 g/mol. The first-order valence-electron chi connectivity index (χ1n) is 14.8. The fourth-order valence-corrected chi connectivity index (χ4v) is 9.68. The summed E-state index contributed by atoms with van der Waals surface area (Å²) < 4.78 is 11.1. The number of Topliss-reactive ketones (excluding diaryl/α,β-unsaturated/α-hetero) is 1. The first-order valence-corrected chi connectivity index (χ1v) is 16.0. The monoisotopic (exact) mass is 590 g/mol. The number of carbonyl (C=O) groups excluding carboxylic acids is 1. The van der Waals surface area contributed by atoms with E-state index in [4.69, 9.17) is 9.47 Å². The van der Waals surface area contributed by atoms with Gasteiger partial charge in [0.2, 0.25) is 0 Å². The Hall–Kier alpha value is -4.93. The summed E-state index contributed by atoms with van der Waals surface area (Å²) in [6.07, 6.45) is 8.27. The van der Waals surface area contributed by atoms with Gasteiger partial charge in [-0.2, -0.15) is 0 Å². The van der Waals surface area contributed by atoms with E-state index in [1.165, 1.54) is 38.3 Å². The third-order valence-electron chi connectivity index (χ3n) is 9.17. The van der Waals surface area contributed by atoms with Crippen molar-refractivity contribution in [2.45, 2.75) is 15.2 Å². The van der Waals surface area contributed by atoms with E-state index in [1.54, 1.807) is 14.2 Å². The predicted molar refractivity (Wildman–Crippen MR) is 179 cm³/mol. The Morgan fingerprint density at radius 2 is 1.25 bits per heavy atom. The van der Waals surface area contributed by atoms with Crippen LogP contribution in [-0.2, 0) is 5.41 Å². The van der Waals surface area contributed by atoms with Crippen molar-refractivity contribution < 1.29 is 14.3 Å². The molecule has 214 valence electrons. The predicted octanol–water partition coefficient (Wildman–Crippen LogP) is 8.86. The lowest BCUT2D eigenvalue weighted by atomic mass is 9.67. The molecule has 1 heterocycles. The highest BCUT2D eigenvalue weighted by Gasteiger charge is 2.46. The average Bonchev–Trinajstić information content (AvgIpc) is 3.39. The fourth-order valence-electron chi connectivity index (χ4n) is 7.20. The van der Waals surface area contributed by atoms with Crippen LogP contribution in [0.4, 0.5) is 0 Å². The van der Waals surface area contributed by atoms with Gasteiger partial charge < -0.3 is 9.47 Å². The third-order valence-corrected chi connectivity index (χ3v) is 11.6. The van der Waals surface area contributed by atoms with Crippen LogP contribution in [0.3, 0.4) is 0 Å². The molecule has 4 heteroatoms. The van der Waals surface area contributed by atoms with Gasteiger partial charge in [-0.05, 0) is 80.7 Å². The lowest BCUT2D eigenvalue weighted by Crippen LogP contribution is -2.29. The molecule has 0 spiro atoms. The first-order chi connectivity index (χ1) is 21.6. The molecule has 0 saturated heterocycles. The lowest BCUT2D eigenvalue weighted by Gasteiger charge is -2.35. The van der Waals surface area contributed by atoms with Crippen molar-refractivity contribution in [3.05, 3.63) is 167 Å². The smallest absolute Gasteiger partial charge is 0.175 e. The largest absolute Gasteiger partial charge is 0.497 e. The molecule has 0 amide bonds. The minimum atomic E-state index is -0.568. The van der Waals surface area contributed by atoms with Crippen molar-refractivity contribution in [1.82, 2.24) is 0 Å². The van der Waals surface area contributed by atoms with Gasteiger partial charge in [0.25, 0.3) is 0 Å². The molecule has 0 aromatic heterocycles. The zero-order valence-electron chi connectivity index (χ0n) is 24.5. The van der Waals surface area contributed by atoms with E-state index in [9.17, 15) is 4.79 Å². The Morgan fingerprint density at radius 1 is 0.636 bits per heavy atom. The van der Waals surface area contributed by atoms with Crippen LogP contribution in [0.15, 0.2) is 149 Å². The normalized spacial score (nSPS) is 18.7. The van der Waals surface area contributed by atoms with Crippen LogP contribution in [0, 0.1) is 5.92 Å². The number of allylic oxidation sites excluding steroid dienone is 4. The number of rotatable bonds is 5. The molecule has 1 aliphatic heterocycles. The third kappa shape index (κ3) is 3.77. The molecule has 2 aliphatic carbocycles. The maximum Gasteiger partial charge on any atom is 0.175 e. The van der Waals surface area contributed by atoms with Crippen molar-refractivity contribution in [2.24, 2.45) is 5.92 Å². The Morgan fingerprint density at radius 3 is 1.93 bits per heavy atom. The topological polar surface area (TPSA) is 35.5 Å². The van der Waals surface area contributed by atoms with Crippen LogP contribution in [0.25, 0.3) is 11.1 Å². The number of hydrogen-bond acceptors (Lipinski definition) is 3. The summed E-state index contributed by atoms with van der Waals surface area (Å²) in [5, 5.41) is 0. The minimum absolute atomic E-state index is 0.180. The van der Waals surface area contributed by atoms with E-state index < -0.39 is 15.9 Å². The van der Waals surface area contributed by atoms with E-state index in [0.717, 1.165) is 26.8 Å². The van der Waals surface area contributed by atoms with Crippen molar-refractivity contribution in [1.29, 1.82) is 0 Å². The molecule has 2 atom stereocenters. The second-order valence-corrected chi connectivity index (χ2v) is 13.2. The molecule has 0 bridgehead atoms. The van der Waals surface area contributed by atoms with Gasteiger partial charge in [-0.25, -0.2) is 0 Å². The maximum absolute atomic E-state index is 13.6. The number of ketones is 1. The second-order valence-electron chi connectivity index (χ2n) is 11.3. The summed E-state index contributed by atoms with van der Waals surface area (Å²) in [5.74, 6) is 1.59. The van der Waals surface area contributed by atoms with Crippen molar-refractivity contribution in [3.63, 3.8) is 0 Å². The lowest BCUT2D eigenvalue weighted by molar-refractivity contribution is 0.0969. The molecule has 3 aliphatic rings. The summed E-state index contributed by atoms with van der Waals surface area (Å²) in [5.41, 5.74) is 7.53. The highest BCUT2D eigenvalue weighted by Crippen LogP contribution is 2.58. The number of ether oxygens (including phenoxy) is 2. The molecule has 44 heavy (non-hydrogen) atoms. The van der Waals surface area contributed by atoms with E-state index in [-0.39, 0.29) is 11.7 Å². The highest BCUT2D eigenvalue weighted by atomic mass is 32.2.